The van der Waals surface area contributed by atoms with Gasteiger partial charge in [-0.2, -0.15) is 9.97 Å². The fourth-order valence-corrected chi connectivity index (χ4v) is 1.53. The van der Waals surface area contributed by atoms with E-state index in [-0.39, 0.29) is 17.5 Å². The lowest BCUT2D eigenvalue weighted by molar-refractivity contribution is 1.20. The lowest BCUT2D eigenvalue weighted by atomic mass is 10.3. The number of nitrogens with one attached hydrogen (secondary N) is 1. The van der Waals surface area contributed by atoms with Crippen LogP contribution in [0.2, 0.25) is 0 Å². The van der Waals surface area contributed by atoms with E-state index in [9.17, 15) is 0 Å². The van der Waals surface area contributed by atoms with Crippen LogP contribution >= 0.6 is 15.9 Å². The third kappa shape index (κ3) is 2.56. The molecule has 7 heteroatoms. The van der Waals surface area contributed by atoms with Crippen LogP contribution in [0, 0.1) is 0 Å². The zero-order valence-electron chi connectivity index (χ0n) is 8.81. The van der Waals surface area contributed by atoms with Crippen LogP contribution in [0.15, 0.2) is 28.7 Å². The van der Waals surface area contributed by atoms with E-state index in [1.54, 1.807) is 0 Å². The molecule has 0 saturated heterocycles. The highest BCUT2D eigenvalue weighted by Gasteiger charge is 2.07. The van der Waals surface area contributed by atoms with Crippen LogP contribution in [-0.4, -0.2) is 9.97 Å². The van der Waals surface area contributed by atoms with Gasteiger partial charge in [-0.3, -0.25) is 0 Å². The van der Waals surface area contributed by atoms with Crippen molar-refractivity contribution in [2.45, 2.75) is 0 Å². The summed E-state index contributed by atoms with van der Waals surface area (Å²) in [6, 6.07) is 7.54. The summed E-state index contributed by atoms with van der Waals surface area (Å²) >= 11 is 3.35. The zero-order valence-corrected chi connectivity index (χ0v) is 10.4. The van der Waals surface area contributed by atoms with Gasteiger partial charge in [0.05, 0.1) is 0 Å². The largest absolute Gasteiger partial charge is 0.393 e. The number of anilines is 5. The maximum absolute atomic E-state index is 5.75. The predicted octanol–water partition coefficient (Wildman–Crippen LogP) is 1.73. The van der Waals surface area contributed by atoms with E-state index in [1.165, 1.54) is 0 Å². The Morgan fingerprint density at radius 3 is 2.29 bits per heavy atom. The fraction of sp³-hybridized carbons (Fsp3) is 0. The van der Waals surface area contributed by atoms with Crippen molar-refractivity contribution in [3.8, 4) is 0 Å². The molecule has 0 bridgehead atoms. The summed E-state index contributed by atoms with van der Waals surface area (Å²) in [5.74, 6) is 0.644. The van der Waals surface area contributed by atoms with Crippen LogP contribution in [0.1, 0.15) is 0 Å². The van der Waals surface area contributed by atoms with Gasteiger partial charge in [0.25, 0.3) is 0 Å². The molecule has 0 atom stereocenters. The molecule has 0 unspecified atom stereocenters. The lowest BCUT2D eigenvalue weighted by Gasteiger charge is -2.10. The van der Waals surface area contributed by atoms with Crippen molar-refractivity contribution in [2.75, 3.05) is 22.5 Å². The SMILES string of the molecule is Nc1nc(N)c(N)c(Nc2ccc(Br)cc2)n1. The van der Waals surface area contributed by atoms with E-state index in [4.69, 9.17) is 17.2 Å². The second kappa shape index (κ2) is 4.46. The molecule has 1 aromatic carbocycles. The molecule has 0 aliphatic carbocycles. The fourth-order valence-electron chi connectivity index (χ4n) is 1.27. The molecule has 0 saturated carbocycles. The summed E-state index contributed by atoms with van der Waals surface area (Å²) in [7, 11) is 0. The third-order valence-electron chi connectivity index (χ3n) is 2.10. The van der Waals surface area contributed by atoms with Gasteiger partial charge in [-0.05, 0) is 24.3 Å². The molecule has 0 aliphatic heterocycles. The summed E-state index contributed by atoms with van der Waals surface area (Å²) in [5, 5.41) is 3.02. The van der Waals surface area contributed by atoms with Gasteiger partial charge in [0.1, 0.15) is 5.69 Å². The monoisotopic (exact) mass is 294 g/mol. The highest BCUT2D eigenvalue weighted by Crippen LogP contribution is 2.26. The first-order valence-corrected chi connectivity index (χ1v) is 5.56. The average molecular weight is 295 g/mol. The van der Waals surface area contributed by atoms with Gasteiger partial charge >= 0.3 is 0 Å². The molecule has 17 heavy (non-hydrogen) atoms. The van der Waals surface area contributed by atoms with Gasteiger partial charge in [-0.15, -0.1) is 0 Å². The van der Waals surface area contributed by atoms with E-state index in [2.05, 4.69) is 31.2 Å². The highest BCUT2D eigenvalue weighted by molar-refractivity contribution is 9.10. The van der Waals surface area contributed by atoms with Crippen molar-refractivity contribution >= 4 is 44.9 Å². The second-order valence-electron chi connectivity index (χ2n) is 3.36. The maximum Gasteiger partial charge on any atom is 0.224 e. The average Bonchev–Trinajstić information content (AvgIpc) is 2.28. The predicted molar refractivity (Wildman–Crippen MR) is 72.7 cm³/mol. The van der Waals surface area contributed by atoms with Crippen molar-refractivity contribution in [2.24, 2.45) is 0 Å². The first kappa shape index (κ1) is 11.5. The smallest absolute Gasteiger partial charge is 0.224 e. The number of aromatic nitrogens is 2. The van der Waals surface area contributed by atoms with E-state index in [0.717, 1.165) is 10.2 Å². The summed E-state index contributed by atoms with van der Waals surface area (Å²) in [4.78, 5) is 7.75. The molecule has 7 N–H and O–H groups in total. The molecule has 2 rings (SSSR count). The molecule has 0 radical (unpaired) electrons. The first-order chi connectivity index (χ1) is 8.06. The van der Waals surface area contributed by atoms with Crippen molar-refractivity contribution in [3.63, 3.8) is 0 Å². The lowest BCUT2D eigenvalue weighted by Crippen LogP contribution is -2.08. The number of nitrogen functional groups attached to an aromatic ring is 3. The Hall–Kier alpha value is -2.02. The molecule has 0 amide bonds. The minimum absolute atomic E-state index is 0.0799. The number of halogens is 1. The van der Waals surface area contributed by atoms with E-state index >= 15 is 0 Å². The van der Waals surface area contributed by atoms with Crippen LogP contribution in [0.4, 0.5) is 29.0 Å². The standard InChI is InChI=1S/C10H11BrN6/c11-5-1-3-6(4-2-5)15-9-7(12)8(13)16-10(14)17-9/h1-4H,12H2,(H5,13,14,15,16,17). The van der Waals surface area contributed by atoms with E-state index < -0.39 is 0 Å². The molecule has 0 aliphatic rings. The quantitative estimate of drug-likeness (QED) is 0.670. The van der Waals surface area contributed by atoms with Crippen molar-refractivity contribution in [3.05, 3.63) is 28.7 Å². The Morgan fingerprint density at radius 2 is 1.65 bits per heavy atom. The summed E-state index contributed by atoms with van der Waals surface area (Å²) < 4.78 is 0.984. The number of benzene rings is 1. The molecular weight excluding hydrogens is 284 g/mol. The van der Waals surface area contributed by atoms with Gasteiger partial charge in [0, 0.05) is 10.2 Å². The highest BCUT2D eigenvalue weighted by atomic mass is 79.9. The van der Waals surface area contributed by atoms with Gasteiger partial charge in [-0.1, -0.05) is 15.9 Å². The third-order valence-corrected chi connectivity index (χ3v) is 2.63. The van der Waals surface area contributed by atoms with Gasteiger partial charge in [0.2, 0.25) is 5.95 Å². The van der Waals surface area contributed by atoms with Crippen molar-refractivity contribution < 1.29 is 0 Å². The Labute approximate surface area is 106 Å². The number of hydrogen-bond acceptors (Lipinski definition) is 6. The molecule has 0 fully saturated rings. The Bertz CT molecular complexity index is 539. The minimum atomic E-state index is 0.0799. The zero-order chi connectivity index (χ0) is 12.4. The van der Waals surface area contributed by atoms with Crippen LogP contribution < -0.4 is 22.5 Å². The summed E-state index contributed by atoms with van der Waals surface area (Å²) in [5.41, 5.74) is 18.0. The van der Waals surface area contributed by atoms with Crippen LogP contribution in [0.3, 0.4) is 0 Å². The number of nitrogens with zero attached hydrogens (tertiary/aromatic N) is 2. The van der Waals surface area contributed by atoms with E-state index in [1.807, 2.05) is 24.3 Å². The number of rotatable bonds is 2. The van der Waals surface area contributed by atoms with Gasteiger partial charge in [0.15, 0.2) is 11.6 Å². The van der Waals surface area contributed by atoms with Gasteiger partial charge < -0.3 is 22.5 Å². The van der Waals surface area contributed by atoms with Crippen LogP contribution in [0.5, 0.6) is 0 Å². The Morgan fingerprint density at radius 1 is 1.00 bits per heavy atom. The Balaban J connectivity index is 2.32. The minimum Gasteiger partial charge on any atom is -0.393 e. The molecule has 88 valence electrons. The van der Waals surface area contributed by atoms with Crippen molar-refractivity contribution in [1.29, 1.82) is 0 Å². The van der Waals surface area contributed by atoms with Crippen molar-refractivity contribution in [1.82, 2.24) is 9.97 Å². The topological polar surface area (TPSA) is 116 Å². The molecular formula is C10H11BrN6. The molecule has 1 heterocycles. The second-order valence-corrected chi connectivity index (χ2v) is 4.28. The first-order valence-electron chi connectivity index (χ1n) is 4.77. The molecule has 0 spiro atoms. The maximum atomic E-state index is 5.75. The molecule has 1 aromatic heterocycles. The molecule has 2 aromatic rings. The molecule has 6 nitrogen and oxygen atoms in total. The van der Waals surface area contributed by atoms with E-state index in [0.29, 0.717) is 5.82 Å². The number of hydrogen-bond donors (Lipinski definition) is 4. The normalized spacial score (nSPS) is 10.2. The Kier molecular flexibility index (Phi) is 3.01. The van der Waals surface area contributed by atoms with Gasteiger partial charge in [-0.25, -0.2) is 0 Å². The summed E-state index contributed by atoms with van der Waals surface area (Å²) in [6.07, 6.45) is 0. The van der Waals surface area contributed by atoms with Crippen LogP contribution in [-0.2, 0) is 0 Å². The number of nitrogens with two attached hydrogens (primary N) is 3. The summed E-state index contributed by atoms with van der Waals surface area (Å²) in [6.45, 7) is 0. The van der Waals surface area contributed by atoms with Crippen LogP contribution in [0.25, 0.3) is 0 Å².